The number of hydrogen-bond acceptors (Lipinski definition) is 5. The van der Waals surface area contributed by atoms with Crippen LogP contribution in [-0.4, -0.2) is 41.9 Å². The van der Waals surface area contributed by atoms with Gasteiger partial charge >= 0.3 is 12.1 Å². The van der Waals surface area contributed by atoms with E-state index in [9.17, 15) is 9.59 Å². The third-order valence-corrected chi connectivity index (χ3v) is 4.17. The van der Waals surface area contributed by atoms with E-state index >= 15 is 0 Å². The highest BCUT2D eigenvalue weighted by Gasteiger charge is 2.27. The predicted molar refractivity (Wildman–Crippen MR) is 102 cm³/mol. The summed E-state index contributed by atoms with van der Waals surface area (Å²) in [5.74, 6) is 0.369. The van der Waals surface area contributed by atoms with E-state index in [0.29, 0.717) is 6.54 Å². The Morgan fingerprint density at radius 2 is 1.81 bits per heavy atom. The number of hydrogen-bond donors (Lipinski definition) is 1. The number of benzene rings is 1. The molecule has 0 bridgehead atoms. The van der Waals surface area contributed by atoms with E-state index in [-0.39, 0.29) is 11.8 Å². The van der Waals surface area contributed by atoms with Gasteiger partial charge in [-0.2, -0.15) is 0 Å². The summed E-state index contributed by atoms with van der Waals surface area (Å²) in [5, 5.41) is 2.53. The van der Waals surface area contributed by atoms with Crippen LogP contribution in [0.4, 0.5) is 4.79 Å². The Morgan fingerprint density at radius 1 is 1.15 bits per heavy atom. The highest BCUT2D eigenvalue weighted by molar-refractivity contribution is 5.81. The number of carbonyl (C=O) groups excluding carboxylic acids is 2. The second-order valence-electron chi connectivity index (χ2n) is 7.31. The van der Waals surface area contributed by atoms with E-state index in [1.807, 2.05) is 30.3 Å². The van der Waals surface area contributed by atoms with Crippen LogP contribution in [0.5, 0.6) is 0 Å². The standard InChI is InChI=1S/C20H27N3O4/c1-20(2,3)18-21-12-15(23(18)13-14-9-7-6-8-10-14)11-16(17(24)26-4)22-19(25)27-5/h6-10,12,16H,11,13H2,1-5H3,(H,22,25)/t16-/m0/s1. The van der Waals surface area contributed by atoms with E-state index in [4.69, 9.17) is 4.74 Å². The minimum Gasteiger partial charge on any atom is -0.467 e. The molecule has 1 amide bonds. The minimum atomic E-state index is -0.860. The molecule has 1 aromatic heterocycles. The van der Waals surface area contributed by atoms with Gasteiger partial charge < -0.3 is 19.4 Å². The fraction of sp³-hybridized carbons (Fsp3) is 0.450. The van der Waals surface area contributed by atoms with Gasteiger partial charge in [-0.15, -0.1) is 0 Å². The van der Waals surface area contributed by atoms with Crippen LogP contribution >= 0.6 is 0 Å². The van der Waals surface area contributed by atoms with Gasteiger partial charge in [0.2, 0.25) is 0 Å². The van der Waals surface area contributed by atoms with Crippen LogP contribution < -0.4 is 5.32 Å². The fourth-order valence-electron chi connectivity index (χ4n) is 2.86. The molecule has 0 fully saturated rings. The highest BCUT2D eigenvalue weighted by Crippen LogP contribution is 2.24. The predicted octanol–water partition coefficient (Wildman–Crippen LogP) is 2.67. The first-order chi connectivity index (χ1) is 12.8. The van der Waals surface area contributed by atoms with Crippen molar-refractivity contribution >= 4 is 12.1 Å². The van der Waals surface area contributed by atoms with Crippen LogP contribution in [-0.2, 0) is 32.6 Å². The van der Waals surface area contributed by atoms with E-state index in [1.165, 1.54) is 14.2 Å². The van der Waals surface area contributed by atoms with E-state index in [1.54, 1.807) is 6.20 Å². The molecule has 0 unspecified atom stereocenters. The van der Waals surface area contributed by atoms with Crippen LogP contribution in [0, 0.1) is 0 Å². The molecule has 1 aromatic carbocycles. The third kappa shape index (κ3) is 5.32. The summed E-state index contributed by atoms with van der Waals surface area (Å²) in [6.07, 6.45) is 1.31. The molecule has 7 nitrogen and oxygen atoms in total. The monoisotopic (exact) mass is 373 g/mol. The number of rotatable bonds is 6. The molecule has 146 valence electrons. The van der Waals surface area contributed by atoms with Gasteiger partial charge in [0.15, 0.2) is 0 Å². The van der Waals surface area contributed by atoms with Crippen molar-refractivity contribution in [1.82, 2.24) is 14.9 Å². The zero-order valence-corrected chi connectivity index (χ0v) is 16.5. The summed E-state index contributed by atoms with van der Waals surface area (Å²) < 4.78 is 11.5. The van der Waals surface area contributed by atoms with Gasteiger partial charge in [-0.1, -0.05) is 51.1 Å². The number of ether oxygens (including phenoxy) is 2. The molecule has 0 aliphatic rings. The number of imidazole rings is 1. The van der Waals surface area contributed by atoms with E-state index in [0.717, 1.165) is 17.1 Å². The van der Waals surface area contributed by atoms with Gasteiger partial charge in [0, 0.05) is 30.3 Å². The van der Waals surface area contributed by atoms with Gasteiger partial charge in [0.1, 0.15) is 11.9 Å². The Labute approximate surface area is 159 Å². The maximum absolute atomic E-state index is 12.1. The molecular weight excluding hydrogens is 346 g/mol. The van der Waals surface area contributed by atoms with Crippen molar-refractivity contribution in [2.45, 2.75) is 45.2 Å². The molecule has 1 N–H and O–H groups in total. The molecule has 1 atom stereocenters. The number of nitrogens with one attached hydrogen (secondary N) is 1. The molecule has 27 heavy (non-hydrogen) atoms. The lowest BCUT2D eigenvalue weighted by Crippen LogP contribution is -2.43. The molecule has 0 saturated heterocycles. The van der Waals surface area contributed by atoms with Crippen molar-refractivity contribution in [2.75, 3.05) is 14.2 Å². The normalized spacial score (nSPS) is 12.3. The van der Waals surface area contributed by atoms with Crippen molar-refractivity contribution in [3.63, 3.8) is 0 Å². The number of alkyl carbamates (subject to hydrolysis) is 1. The highest BCUT2D eigenvalue weighted by atomic mass is 16.5. The fourth-order valence-corrected chi connectivity index (χ4v) is 2.86. The largest absolute Gasteiger partial charge is 0.467 e. The molecule has 7 heteroatoms. The molecule has 2 rings (SSSR count). The maximum atomic E-state index is 12.1. The molecule has 2 aromatic rings. The van der Waals surface area contributed by atoms with E-state index in [2.05, 4.69) is 40.4 Å². The Hall–Kier alpha value is -2.83. The van der Waals surface area contributed by atoms with Gasteiger partial charge in [-0.05, 0) is 5.56 Å². The summed E-state index contributed by atoms with van der Waals surface area (Å²) in [6.45, 7) is 6.89. The van der Waals surface area contributed by atoms with Crippen molar-refractivity contribution < 1.29 is 19.1 Å². The smallest absolute Gasteiger partial charge is 0.407 e. The first-order valence-corrected chi connectivity index (χ1v) is 8.77. The van der Waals surface area contributed by atoms with Crippen molar-refractivity contribution in [3.8, 4) is 0 Å². The average Bonchev–Trinajstić information content (AvgIpc) is 3.03. The summed E-state index contributed by atoms with van der Waals surface area (Å²) >= 11 is 0. The van der Waals surface area contributed by atoms with Crippen LogP contribution in [0.15, 0.2) is 36.5 Å². The number of methoxy groups -OCH3 is 2. The number of esters is 1. The number of amides is 1. The molecule has 0 saturated carbocycles. The second-order valence-corrected chi connectivity index (χ2v) is 7.31. The molecule has 0 spiro atoms. The Bertz CT molecular complexity index is 778. The summed E-state index contributed by atoms with van der Waals surface area (Å²) in [4.78, 5) is 28.3. The topological polar surface area (TPSA) is 82.5 Å². The Morgan fingerprint density at radius 3 is 2.37 bits per heavy atom. The molecule has 1 heterocycles. The first-order valence-electron chi connectivity index (χ1n) is 8.77. The maximum Gasteiger partial charge on any atom is 0.407 e. The van der Waals surface area contributed by atoms with Crippen LogP contribution in [0.3, 0.4) is 0 Å². The lowest BCUT2D eigenvalue weighted by atomic mass is 9.95. The minimum absolute atomic E-state index is 0.177. The van der Waals surface area contributed by atoms with E-state index < -0.39 is 18.1 Å². The van der Waals surface area contributed by atoms with Crippen LogP contribution in [0.25, 0.3) is 0 Å². The number of nitrogens with zero attached hydrogens (tertiary/aromatic N) is 2. The molecular formula is C20H27N3O4. The number of aromatic nitrogens is 2. The van der Waals surface area contributed by atoms with Crippen molar-refractivity contribution in [2.24, 2.45) is 0 Å². The van der Waals surface area contributed by atoms with Crippen LogP contribution in [0.1, 0.15) is 37.9 Å². The quantitative estimate of drug-likeness (QED) is 0.787. The van der Waals surface area contributed by atoms with Gasteiger partial charge in [-0.25, -0.2) is 14.6 Å². The van der Waals surface area contributed by atoms with Gasteiger partial charge in [0.05, 0.1) is 14.2 Å². The zero-order valence-electron chi connectivity index (χ0n) is 16.5. The van der Waals surface area contributed by atoms with Crippen LogP contribution in [0.2, 0.25) is 0 Å². The Balaban J connectivity index is 2.38. The van der Waals surface area contributed by atoms with Gasteiger partial charge in [0.25, 0.3) is 0 Å². The lowest BCUT2D eigenvalue weighted by molar-refractivity contribution is -0.143. The SMILES string of the molecule is COC(=O)N[C@@H](Cc1cnc(C(C)(C)C)n1Cc1ccccc1)C(=O)OC. The summed E-state index contributed by atoms with van der Waals surface area (Å²) in [5.41, 5.74) is 1.78. The second kappa shape index (κ2) is 8.70. The number of carbonyl (C=O) groups is 2. The Kier molecular flexibility index (Phi) is 6.60. The van der Waals surface area contributed by atoms with Crippen molar-refractivity contribution in [1.29, 1.82) is 0 Å². The average molecular weight is 373 g/mol. The molecule has 0 aliphatic heterocycles. The summed E-state index contributed by atoms with van der Waals surface area (Å²) in [6, 6.07) is 9.16. The third-order valence-electron chi connectivity index (χ3n) is 4.17. The van der Waals surface area contributed by atoms with Crippen molar-refractivity contribution in [3.05, 3.63) is 53.6 Å². The molecule has 0 radical (unpaired) electrons. The lowest BCUT2D eigenvalue weighted by Gasteiger charge is -2.23. The first kappa shape index (κ1) is 20.5. The summed E-state index contributed by atoms with van der Waals surface area (Å²) in [7, 11) is 2.54. The molecule has 0 aliphatic carbocycles. The zero-order chi connectivity index (χ0) is 20.0. The van der Waals surface area contributed by atoms with Gasteiger partial charge in [-0.3, -0.25) is 0 Å².